The molecule has 5 rings (SSSR count). The number of anilines is 3. The number of nitrogens with one attached hydrogen (secondary N) is 2. The van der Waals surface area contributed by atoms with Crippen LogP contribution in [-0.2, 0) is 4.74 Å². The summed E-state index contributed by atoms with van der Waals surface area (Å²) in [6, 6.07) is 3.71. The Hall–Kier alpha value is -3.35. The Labute approximate surface area is 211 Å². The number of aromatic nitrogens is 4. The summed E-state index contributed by atoms with van der Waals surface area (Å²) in [5, 5.41) is 15.9. The van der Waals surface area contributed by atoms with Crippen LogP contribution in [0.1, 0.15) is 12.5 Å². The molecule has 2 saturated heterocycles. The molecule has 0 atom stereocenters. The van der Waals surface area contributed by atoms with E-state index in [2.05, 4.69) is 41.8 Å². The third kappa shape index (κ3) is 4.97. The second-order valence-corrected chi connectivity index (χ2v) is 9.30. The van der Waals surface area contributed by atoms with Gasteiger partial charge >= 0.3 is 6.61 Å². The lowest BCUT2D eigenvalue weighted by atomic mass is 9.97. The van der Waals surface area contributed by atoms with Gasteiger partial charge < -0.3 is 25.1 Å². The van der Waals surface area contributed by atoms with Crippen molar-refractivity contribution in [2.75, 3.05) is 49.6 Å². The van der Waals surface area contributed by atoms with Crippen LogP contribution in [0.15, 0.2) is 36.9 Å². The maximum absolute atomic E-state index is 12.3. The third-order valence-corrected chi connectivity index (χ3v) is 6.69. The Kier molecular flexibility index (Phi) is 6.73. The summed E-state index contributed by atoms with van der Waals surface area (Å²) < 4.78 is 35.8. The molecule has 0 unspecified atom stereocenters. The zero-order valence-electron chi connectivity index (χ0n) is 19.5. The number of piperazine rings is 1. The van der Waals surface area contributed by atoms with Gasteiger partial charge in [-0.1, -0.05) is 11.6 Å². The molecule has 0 amide bonds. The predicted octanol–water partition coefficient (Wildman–Crippen LogP) is 3.57. The van der Waals surface area contributed by atoms with Gasteiger partial charge in [-0.15, -0.1) is 0 Å². The van der Waals surface area contributed by atoms with Crippen LogP contribution in [0, 0.1) is 5.41 Å². The highest BCUT2D eigenvalue weighted by Crippen LogP contribution is 2.35. The van der Waals surface area contributed by atoms with E-state index in [1.165, 1.54) is 10.9 Å². The van der Waals surface area contributed by atoms with E-state index in [9.17, 15) is 8.78 Å². The maximum atomic E-state index is 12.3. The smallest absolute Gasteiger partial charge is 0.387 e. The van der Waals surface area contributed by atoms with Gasteiger partial charge in [0.25, 0.3) is 5.95 Å². The van der Waals surface area contributed by atoms with Crippen LogP contribution in [0.3, 0.4) is 0 Å². The first-order valence-electron chi connectivity index (χ1n) is 11.4. The zero-order chi connectivity index (χ0) is 25.3. The minimum atomic E-state index is -2.95. The zero-order valence-corrected chi connectivity index (χ0v) is 20.3. The molecule has 2 N–H and O–H groups in total. The van der Waals surface area contributed by atoms with Crippen LogP contribution in [-0.4, -0.2) is 82.4 Å². The van der Waals surface area contributed by atoms with E-state index < -0.39 is 6.61 Å². The standard InChI is InChI=1S/C23H25ClF2N8O2/c1-23(13-35-14-23)33-4-2-32(3-5-33)20-7-19(15(8-27)6-18(20)24)31-16-9-30-34(12-16)22-28-10-17(11-29-22)36-21(25)26/h6-12,21,27,31H,2-5,13-14H2,1H3. The first-order valence-corrected chi connectivity index (χ1v) is 11.7. The monoisotopic (exact) mass is 518 g/mol. The quantitative estimate of drug-likeness (QED) is 0.436. The van der Waals surface area contributed by atoms with Gasteiger partial charge in [-0.3, -0.25) is 4.90 Å². The maximum Gasteiger partial charge on any atom is 0.387 e. The predicted molar refractivity (Wildman–Crippen MR) is 131 cm³/mol. The van der Waals surface area contributed by atoms with Gasteiger partial charge in [-0.2, -0.15) is 13.9 Å². The molecule has 36 heavy (non-hydrogen) atoms. The molecule has 4 heterocycles. The highest BCUT2D eigenvalue weighted by atomic mass is 35.5. The number of halogens is 3. The molecule has 2 aromatic heterocycles. The van der Waals surface area contributed by atoms with E-state index in [1.54, 1.807) is 18.5 Å². The fraction of sp³-hybridized carbons (Fsp3) is 0.391. The van der Waals surface area contributed by atoms with Crippen molar-refractivity contribution in [3.05, 3.63) is 47.5 Å². The van der Waals surface area contributed by atoms with Gasteiger partial charge in [0.15, 0.2) is 5.75 Å². The number of benzene rings is 1. The average Bonchev–Trinajstić information content (AvgIpc) is 3.32. The van der Waals surface area contributed by atoms with Crippen molar-refractivity contribution in [3.8, 4) is 11.7 Å². The Morgan fingerprint density at radius 3 is 2.50 bits per heavy atom. The SMILES string of the molecule is CC1(N2CCN(c3cc(Nc4cnn(-c5ncc(OC(F)F)cn5)c4)c(C=N)cc3Cl)CC2)COC1. The summed E-state index contributed by atoms with van der Waals surface area (Å²) >= 11 is 6.61. The molecule has 190 valence electrons. The molecular formula is C23H25ClF2N8O2. The van der Waals surface area contributed by atoms with Crippen molar-refractivity contribution in [1.29, 1.82) is 5.41 Å². The first-order chi connectivity index (χ1) is 17.3. The lowest BCUT2D eigenvalue weighted by Crippen LogP contribution is -2.64. The van der Waals surface area contributed by atoms with Gasteiger partial charge in [-0.25, -0.2) is 14.6 Å². The number of ether oxygens (including phenoxy) is 2. The molecule has 0 bridgehead atoms. The Bertz CT molecular complexity index is 1230. The van der Waals surface area contributed by atoms with Crippen LogP contribution < -0.4 is 15.0 Å². The van der Waals surface area contributed by atoms with Crippen LogP contribution in [0.5, 0.6) is 5.75 Å². The van der Waals surface area contributed by atoms with Crippen molar-refractivity contribution in [2.45, 2.75) is 19.1 Å². The van der Waals surface area contributed by atoms with E-state index in [4.69, 9.17) is 21.7 Å². The van der Waals surface area contributed by atoms with E-state index in [0.29, 0.717) is 22.0 Å². The molecule has 2 aliphatic rings. The Morgan fingerprint density at radius 1 is 1.17 bits per heavy atom. The lowest BCUT2D eigenvalue weighted by Gasteiger charge is -2.50. The summed E-state index contributed by atoms with van der Waals surface area (Å²) in [5.74, 6) is 0.0525. The Morgan fingerprint density at radius 2 is 1.89 bits per heavy atom. The van der Waals surface area contributed by atoms with Crippen molar-refractivity contribution in [2.24, 2.45) is 0 Å². The third-order valence-electron chi connectivity index (χ3n) is 6.39. The average molecular weight is 519 g/mol. The largest absolute Gasteiger partial charge is 0.432 e. The van der Waals surface area contributed by atoms with Crippen LogP contribution in [0.25, 0.3) is 5.95 Å². The second-order valence-electron chi connectivity index (χ2n) is 8.89. The number of alkyl halides is 2. The van der Waals surface area contributed by atoms with E-state index >= 15 is 0 Å². The normalized spacial score (nSPS) is 17.6. The van der Waals surface area contributed by atoms with Crippen molar-refractivity contribution in [3.63, 3.8) is 0 Å². The van der Waals surface area contributed by atoms with Crippen LogP contribution >= 0.6 is 11.6 Å². The van der Waals surface area contributed by atoms with Gasteiger partial charge in [0.2, 0.25) is 0 Å². The van der Waals surface area contributed by atoms with E-state index in [1.807, 2.05) is 6.07 Å². The van der Waals surface area contributed by atoms with Crippen molar-refractivity contribution in [1.82, 2.24) is 24.6 Å². The number of hydrogen-bond acceptors (Lipinski definition) is 9. The molecule has 10 nitrogen and oxygen atoms in total. The minimum absolute atomic E-state index is 0.118. The summed E-state index contributed by atoms with van der Waals surface area (Å²) in [4.78, 5) is 12.7. The molecule has 0 aliphatic carbocycles. The topological polar surface area (TPSA) is 104 Å². The first kappa shape index (κ1) is 24.3. The molecule has 0 spiro atoms. The summed E-state index contributed by atoms with van der Waals surface area (Å²) in [6.45, 7) is 4.31. The van der Waals surface area contributed by atoms with Gasteiger partial charge in [-0.05, 0) is 19.1 Å². The summed E-state index contributed by atoms with van der Waals surface area (Å²) in [6.07, 6.45) is 6.78. The second kappa shape index (κ2) is 9.96. The van der Waals surface area contributed by atoms with Crippen LogP contribution in [0.2, 0.25) is 5.02 Å². The molecule has 0 radical (unpaired) electrons. The van der Waals surface area contributed by atoms with E-state index in [0.717, 1.165) is 57.5 Å². The molecule has 3 aromatic rings. The molecule has 1 aromatic carbocycles. The molecule has 13 heteroatoms. The highest BCUT2D eigenvalue weighted by molar-refractivity contribution is 6.33. The minimum Gasteiger partial charge on any atom is -0.432 e. The van der Waals surface area contributed by atoms with Gasteiger partial charge in [0, 0.05) is 43.6 Å². The van der Waals surface area contributed by atoms with Gasteiger partial charge in [0.05, 0.1) is 59.9 Å². The van der Waals surface area contributed by atoms with Crippen molar-refractivity contribution < 1.29 is 18.3 Å². The number of rotatable bonds is 8. The Balaban J connectivity index is 1.31. The highest BCUT2D eigenvalue weighted by Gasteiger charge is 2.40. The van der Waals surface area contributed by atoms with Crippen molar-refractivity contribution >= 4 is 34.9 Å². The molecule has 2 fully saturated rings. The summed E-state index contributed by atoms with van der Waals surface area (Å²) in [5.41, 5.74) is 2.97. The number of hydrogen-bond donors (Lipinski definition) is 2. The fourth-order valence-corrected chi connectivity index (χ4v) is 4.65. The lowest BCUT2D eigenvalue weighted by molar-refractivity contribution is -0.131. The van der Waals surface area contributed by atoms with Gasteiger partial charge in [0.1, 0.15) is 0 Å². The fourth-order valence-electron chi connectivity index (χ4n) is 4.36. The van der Waals surface area contributed by atoms with E-state index in [-0.39, 0.29) is 17.2 Å². The molecule has 0 saturated carbocycles. The van der Waals surface area contributed by atoms with Crippen LogP contribution in [0.4, 0.5) is 25.8 Å². The number of nitrogens with zero attached hydrogens (tertiary/aromatic N) is 6. The summed E-state index contributed by atoms with van der Waals surface area (Å²) in [7, 11) is 0. The molecule has 2 aliphatic heterocycles. The molecular weight excluding hydrogens is 494 g/mol.